The van der Waals surface area contributed by atoms with Crippen molar-refractivity contribution in [1.29, 1.82) is 0 Å². The molecular weight excluding hydrogens is 186 g/mol. The second kappa shape index (κ2) is 5.21. The molecule has 14 heavy (non-hydrogen) atoms. The number of nitrogens with one attached hydrogen (secondary N) is 2. The van der Waals surface area contributed by atoms with Crippen molar-refractivity contribution in [2.24, 2.45) is 0 Å². The molecule has 0 aliphatic heterocycles. The Bertz CT molecular complexity index is 354. The first-order chi connectivity index (χ1) is 6.72. The van der Waals surface area contributed by atoms with Crippen LogP contribution in [0.2, 0.25) is 0 Å². The number of unbranched alkanes of at least 4 members (excludes halogenated alkanes) is 2. The lowest BCUT2D eigenvalue weighted by atomic mass is 10.3. The number of rotatable bonds is 5. The molecule has 1 heterocycles. The smallest absolute Gasteiger partial charge is 0.353 e. The Labute approximate surface area is 80.4 Å². The van der Waals surface area contributed by atoms with Crippen LogP contribution in [-0.4, -0.2) is 21.6 Å². The van der Waals surface area contributed by atoms with Crippen LogP contribution in [0.1, 0.15) is 26.2 Å². The Balaban J connectivity index is 2.51. The molecule has 6 nitrogen and oxygen atoms in total. The molecule has 0 radical (unpaired) electrons. The first-order valence-electron chi connectivity index (χ1n) is 4.56. The molecule has 1 aromatic heterocycles. The molecule has 0 unspecified atom stereocenters. The van der Waals surface area contributed by atoms with Gasteiger partial charge in [0.2, 0.25) is 0 Å². The van der Waals surface area contributed by atoms with Gasteiger partial charge in [0.05, 0.1) is 6.61 Å². The summed E-state index contributed by atoms with van der Waals surface area (Å²) in [6.07, 6.45) is 3.02. The Morgan fingerprint density at radius 2 is 2.07 bits per heavy atom. The van der Waals surface area contributed by atoms with Crippen molar-refractivity contribution in [2.75, 3.05) is 6.61 Å². The van der Waals surface area contributed by atoms with Crippen LogP contribution >= 0.6 is 0 Å². The molecule has 0 aliphatic carbocycles. The molecule has 0 aliphatic rings. The maximum atomic E-state index is 10.8. The molecule has 78 valence electrons. The predicted molar refractivity (Wildman–Crippen MR) is 50.5 cm³/mol. The van der Waals surface area contributed by atoms with Crippen LogP contribution in [0.4, 0.5) is 0 Å². The molecular formula is C8H13N3O3. The molecule has 0 spiro atoms. The Kier molecular flexibility index (Phi) is 3.90. The van der Waals surface area contributed by atoms with Crippen LogP contribution in [0, 0.1) is 0 Å². The molecule has 2 N–H and O–H groups in total. The molecule has 0 saturated carbocycles. The minimum absolute atomic E-state index is 0.0187. The van der Waals surface area contributed by atoms with E-state index in [-0.39, 0.29) is 6.01 Å². The zero-order valence-electron chi connectivity index (χ0n) is 8.00. The van der Waals surface area contributed by atoms with Crippen LogP contribution < -0.4 is 16.1 Å². The fourth-order valence-corrected chi connectivity index (χ4v) is 0.963. The van der Waals surface area contributed by atoms with Crippen molar-refractivity contribution >= 4 is 0 Å². The maximum absolute atomic E-state index is 10.8. The quantitative estimate of drug-likeness (QED) is 0.655. The third-order valence-corrected chi connectivity index (χ3v) is 1.63. The second-order valence-electron chi connectivity index (χ2n) is 2.86. The number of nitrogens with zero attached hydrogens (tertiary/aromatic N) is 1. The molecule has 1 aromatic rings. The summed E-state index contributed by atoms with van der Waals surface area (Å²) in [5, 5.41) is 0. The highest BCUT2D eigenvalue weighted by Gasteiger charge is 1.98. The zero-order valence-corrected chi connectivity index (χ0v) is 8.00. The minimum atomic E-state index is -0.695. The van der Waals surface area contributed by atoms with Crippen LogP contribution in [0.15, 0.2) is 9.59 Å². The summed E-state index contributed by atoms with van der Waals surface area (Å²) in [6.45, 7) is 2.54. The first-order valence-corrected chi connectivity index (χ1v) is 4.56. The Morgan fingerprint density at radius 1 is 1.29 bits per heavy atom. The number of hydrogen-bond acceptors (Lipinski definition) is 4. The highest BCUT2D eigenvalue weighted by molar-refractivity contribution is 4.87. The number of hydrogen-bond donors (Lipinski definition) is 2. The van der Waals surface area contributed by atoms with Gasteiger partial charge in [0.25, 0.3) is 0 Å². The van der Waals surface area contributed by atoms with E-state index in [1.54, 1.807) is 0 Å². The van der Waals surface area contributed by atoms with E-state index in [1.165, 1.54) is 0 Å². The fourth-order valence-electron chi connectivity index (χ4n) is 0.963. The summed E-state index contributed by atoms with van der Waals surface area (Å²) in [6, 6.07) is -0.0187. The lowest BCUT2D eigenvalue weighted by Gasteiger charge is -2.01. The van der Waals surface area contributed by atoms with Crippen LogP contribution in [0.5, 0.6) is 6.01 Å². The lowest BCUT2D eigenvalue weighted by Crippen LogP contribution is -2.25. The standard InChI is InChI=1S/C8H13N3O3/c1-2-3-4-5-14-8-10-6(12)9-7(13)11-8/h2-5H2,1H3,(H2,9,10,11,12,13). The molecule has 0 atom stereocenters. The van der Waals surface area contributed by atoms with E-state index >= 15 is 0 Å². The van der Waals surface area contributed by atoms with Crippen LogP contribution in [0.25, 0.3) is 0 Å². The molecule has 0 amide bonds. The van der Waals surface area contributed by atoms with E-state index in [0.717, 1.165) is 19.3 Å². The van der Waals surface area contributed by atoms with Crippen molar-refractivity contribution in [3.63, 3.8) is 0 Å². The Morgan fingerprint density at radius 3 is 2.71 bits per heavy atom. The lowest BCUT2D eigenvalue weighted by molar-refractivity contribution is 0.279. The third kappa shape index (κ3) is 3.42. The summed E-state index contributed by atoms with van der Waals surface area (Å²) in [5.74, 6) is 0. The molecule has 1 rings (SSSR count). The summed E-state index contributed by atoms with van der Waals surface area (Å²) in [5.41, 5.74) is -1.30. The van der Waals surface area contributed by atoms with Crippen molar-refractivity contribution in [3.05, 3.63) is 21.0 Å². The van der Waals surface area contributed by atoms with E-state index in [2.05, 4.69) is 16.9 Å². The van der Waals surface area contributed by atoms with E-state index in [1.807, 2.05) is 4.98 Å². The van der Waals surface area contributed by atoms with Gasteiger partial charge in [-0.15, -0.1) is 4.98 Å². The Hall–Kier alpha value is -1.59. The summed E-state index contributed by atoms with van der Waals surface area (Å²) in [4.78, 5) is 29.2. The van der Waals surface area contributed by atoms with Crippen molar-refractivity contribution in [1.82, 2.24) is 15.0 Å². The monoisotopic (exact) mass is 199 g/mol. The number of aromatic nitrogens is 3. The number of ether oxygens (including phenoxy) is 1. The van der Waals surface area contributed by atoms with Crippen LogP contribution in [0.3, 0.4) is 0 Å². The average Bonchev–Trinajstić information content (AvgIpc) is 2.11. The van der Waals surface area contributed by atoms with E-state index in [0.29, 0.717) is 6.61 Å². The van der Waals surface area contributed by atoms with E-state index in [9.17, 15) is 9.59 Å². The summed E-state index contributed by atoms with van der Waals surface area (Å²) >= 11 is 0. The highest BCUT2D eigenvalue weighted by atomic mass is 16.5. The highest BCUT2D eigenvalue weighted by Crippen LogP contribution is 1.97. The van der Waals surface area contributed by atoms with Gasteiger partial charge in [-0.1, -0.05) is 19.8 Å². The molecule has 0 fully saturated rings. The van der Waals surface area contributed by atoms with Gasteiger partial charge >= 0.3 is 17.4 Å². The van der Waals surface area contributed by atoms with Gasteiger partial charge < -0.3 is 4.74 Å². The van der Waals surface area contributed by atoms with Gasteiger partial charge in [-0.25, -0.2) is 9.59 Å². The zero-order chi connectivity index (χ0) is 10.4. The van der Waals surface area contributed by atoms with Crippen LogP contribution in [-0.2, 0) is 0 Å². The molecule has 0 bridgehead atoms. The van der Waals surface area contributed by atoms with Gasteiger partial charge in [0, 0.05) is 0 Å². The molecule has 0 saturated heterocycles. The second-order valence-corrected chi connectivity index (χ2v) is 2.86. The van der Waals surface area contributed by atoms with Gasteiger partial charge in [0.1, 0.15) is 0 Å². The number of aromatic amines is 2. The molecule has 6 heteroatoms. The molecule has 0 aromatic carbocycles. The SMILES string of the molecule is CCCCCOc1nc(=O)[nH]c(=O)[nH]1. The summed E-state index contributed by atoms with van der Waals surface area (Å²) in [7, 11) is 0. The fraction of sp³-hybridized carbons (Fsp3) is 0.625. The van der Waals surface area contributed by atoms with Gasteiger partial charge in [-0.2, -0.15) is 0 Å². The van der Waals surface area contributed by atoms with E-state index in [4.69, 9.17) is 4.74 Å². The maximum Gasteiger partial charge on any atom is 0.353 e. The van der Waals surface area contributed by atoms with Gasteiger partial charge in [0.15, 0.2) is 0 Å². The summed E-state index contributed by atoms with van der Waals surface area (Å²) < 4.78 is 5.08. The minimum Gasteiger partial charge on any atom is -0.465 e. The van der Waals surface area contributed by atoms with Crippen molar-refractivity contribution in [2.45, 2.75) is 26.2 Å². The normalized spacial score (nSPS) is 10.1. The van der Waals surface area contributed by atoms with Crippen molar-refractivity contribution < 1.29 is 4.74 Å². The van der Waals surface area contributed by atoms with Gasteiger partial charge in [-0.05, 0) is 6.42 Å². The third-order valence-electron chi connectivity index (χ3n) is 1.63. The van der Waals surface area contributed by atoms with Gasteiger partial charge in [-0.3, -0.25) is 9.97 Å². The topological polar surface area (TPSA) is 87.8 Å². The largest absolute Gasteiger partial charge is 0.465 e. The van der Waals surface area contributed by atoms with Crippen molar-refractivity contribution in [3.8, 4) is 6.01 Å². The first kappa shape index (κ1) is 10.5. The average molecular weight is 199 g/mol. The predicted octanol–water partition coefficient (Wildman–Crippen LogP) is 0.0272. The number of H-pyrrole nitrogens is 2. The van der Waals surface area contributed by atoms with E-state index < -0.39 is 11.4 Å².